The van der Waals surface area contributed by atoms with E-state index < -0.39 is 23.9 Å². The Hall–Kier alpha value is -3.61. The summed E-state index contributed by atoms with van der Waals surface area (Å²) >= 11 is 0. The first-order chi connectivity index (χ1) is 12.9. The summed E-state index contributed by atoms with van der Waals surface area (Å²) in [7, 11) is 1.57. The predicted molar refractivity (Wildman–Crippen MR) is 101 cm³/mol. The van der Waals surface area contributed by atoms with Crippen LogP contribution in [0.25, 0.3) is 6.08 Å². The number of benzene rings is 2. The molecule has 0 aliphatic carbocycles. The second-order valence-corrected chi connectivity index (χ2v) is 5.62. The number of carbonyl (C=O) groups excluding carboxylic acids is 3. The van der Waals surface area contributed by atoms with Crippen LogP contribution in [-0.4, -0.2) is 31.0 Å². The Bertz CT molecular complexity index is 842. The Morgan fingerprint density at radius 2 is 1.67 bits per heavy atom. The van der Waals surface area contributed by atoms with Gasteiger partial charge in [0.15, 0.2) is 6.10 Å². The Kier molecular flexibility index (Phi) is 6.71. The van der Waals surface area contributed by atoms with Gasteiger partial charge in [-0.15, -0.1) is 0 Å². The summed E-state index contributed by atoms with van der Waals surface area (Å²) in [5.41, 5.74) is 6.74. The minimum absolute atomic E-state index is 0.330. The molecule has 7 nitrogen and oxygen atoms in total. The van der Waals surface area contributed by atoms with Gasteiger partial charge in [0.2, 0.25) is 5.91 Å². The van der Waals surface area contributed by atoms with Gasteiger partial charge in [-0.3, -0.25) is 9.59 Å². The molecule has 0 saturated carbocycles. The van der Waals surface area contributed by atoms with E-state index in [9.17, 15) is 14.4 Å². The first kappa shape index (κ1) is 19.7. The summed E-state index contributed by atoms with van der Waals surface area (Å²) < 4.78 is 10.1. The van der Waals surface area contributed by atoms with Gasteiger partial charge in [-0.2, -0.15) is 0 Å². The number of primary amides is 1. The van der Waals surface area contributed by atoms with Gasteiger partial charge in [-0.05, 0) is 55.0 Å². The lowest BCUT2D eigenvalue weighted by atomic mass is 10.2. The zero-order chi connectivity index (χ0) is 19.8. The Balaban J connectivity index is 1.87. The quantitative estimate of drug-likeness (QED) is 0.576. The van der Waals surface area contributed by atoms with Crippen molar-refractivity contribution in [2.24, 2.45) is 5.73 Å². The molecule has 0 heterocycles. The van der Waals surface area contributed by atoms with Crippen molar-refractivity contribution in [2.75, 3.05) is 12.4 Å². The molecule has 7 heteroatoms. The van der Waals surface area contributed by atoms with E-state index in [1.807, 2.05) is 0 Å². The normalized spacial score (nSPS) is 11.6. The number of nitrogens with two attached hydrogens (primary N) is 1. The highest BCUT2D eigenvalue weighted by Gasteiger charge is 2.16. The van der Waals surface area contributed by atoms with E-state index in [1.165, 1.54) is 37.3 Å². The van der Waals surface area contributed by atoms with Crippen LogP contribution < -0.4 is 15.8 Å². The summed E-state index contributed by atoms with van der Waals surface area (Å²) in [5.74, 6) is -0.978. The molecule has 3 N–H and O–H groups in total. The van der Waals surface area contributed by atoms with Crippen molar-refractivity contribution in [3.8, 4) is 5.75 Å². The fraction of sp³-hybridized carbons (Fsp3) is 0.150. The minimum atomic E-state index is -0.992. The van der Waals surface area contributed by atoms with Gasteiger partial charge >= 0.3 is 5.97 Å². The van der Waals surface area contributed by atoms with Crippen molar-refractivity contribution >= 4 is 29.5 Å². The molecule has 0 fully saturated rings. The second kappa shape index (κ2) is 9.19. The van der Waals surface area contributed by atoms with Crippen molar-refractivity contribution in [3.63, 3.8) is 0 Å². The van der Waals surface area contributed by atoms with E-state index >= 15 is 0 Å². The molecule has 0 bridgehead atoms. The molecule has 2 rings (SSSR count). The number of amides is 2. The molecule has 2 aromatic rings. The van der Waals surface area contributed by atoms with Crippen LogP contribution in [0.4, 0.5) is 5.69 Å². The highest BCUT2D eigenvalue weighted by Crippen LogP contribution is 2.13. The van der Waals surface area contributed by atoms with Crippen molar-refractivity contribution in [1.82, 2.24) is 0 Å². The van der Waals surface area contributed by atoms with Crippen LogP contribution in [0.3, 0.4) is 0 Å². The Labute approximate surface area is 156 Å². The topological polar surface area (TPSA) is 108 Å². The molecule has 0 aromatic heterocycles. The van der Waals surface area contributed by atoms with E-state index in [0.717, 1.165) is 5.56 Å². The monoisotopic (exact) mass is 368 g/mol. The third-order valence-electron chi connectivity index (χ3n) is 3.63. The lowest BCUT2D eigenvalue weighted by Crippen LogP contribution is -2.29. The summed E-state index contributed by atoms with van der Waals surface area (Å²) in [6, 6.07) is 13.2. The molecule has 140 valence electrons. The van der Waals surface area contributed by atoms with Crippen LogP contribution in [0.2, 0.25) is 0 Å². The van der Waals surface area contributed by atoms with Crippen LogP contribution in [0.5, 0.6) is 5.75 Å². The maximum atomic E-state index is 12.1. The molecule has 0 aliphatic rings. The first-order valence-electron chi connectivity index (χ1n) is 8.12. The van der Waals surface area contributed by atoms with Crippen LogP contribution in [0.15, 0.2) is 54.6 Å². The molecule has 0 aliphatic heterocycles. The van der Waals surface area contributed by atoms with Gasteiger partial charge in [0.05, 0.1) is 7.11 Å². The van der Waals surface area contributed by atoms with E-state index in [-0.39, 0.29) is 0 Å². The zero-order valence-electron chi connectivity index (χ0n) is 15.0. The average Bonchev–Trinajstić information content (AvgIpc) is 2.67. The minimum Gasteiger partial charge on any atom is -0.497 e. The number of methoxy groups -OCH3 is 1. The van der Waals surface area contributed by atoms with Crippen molar-refractivity contribution < 1.29 is 23.9 Å². The highest BCUT2D eigenvalue weighted by molar-refractivity contribution is 5.97. The fourth-order valence-corrected chi connectivity index (χ4v) is 2.11. The molecule has 2 amide bonds. The number of hydrogen-bond donors (Lipinski definition) is 2. The van der Waals surface area contributed by atoms with E-state index in [4.69, 9.17) is 15.2 Å². The summed E-state index contributed by atoms with van der Waals surface area (Å²) in [5, 5.41) is 2.59. The smallest absolute Gasteiger partial charge is 0.331 e. The van der Waals surface area contributed by atoms with Crippen LogP contribution in [-0.2, 0) is 14.3 Å². The lowest BCUT2D eigenvalue weighted by molar-refractivity contribution is -0.148. The van der Waals surface area contributed by atoms with Crippen molar-refractivity contribution in [2.45, 2.75) is 13.0 Å². The van der Waals surface area contributed by atoms with E-state index in [1.54, 1.807) is 37.5 Å². The van der Waals surface area contributed by atoms with Crippen LogP contribution >= 0.6 is 0 Å². The lowest BCUT2D eigenvalue weighted by Gasteiger charge is -2.12. The number of hydrogen-bond acceptors (Lipinski definition) is 5. The molecule has 0 radical (unpaired) electrons. The molecule has 2 aromatic carbocycles. The number of anilines is 1. The number of ether oxygens (including phenoxy) is 2. The van der Waals surface area contributed by atoms with Crippen LogP contribution in [0.1, 0.15) is 22.8 Å². The second-order valence-electron chi connectivity index (χ2n) is 5.62. The van der Waals surface area contributed by atoms with E-state index in [0.29, 0.717) is 17.0 Å². The van der Waals surface area contributed by atoms with Gasteiger partial charge in [0.1, 0.15) is 5.75 Å². The Morgan fingerprint density at radius 1 is 1.04 bits per heavy atom. The van der Waals surface area contributed by atoms with Gasteiger partial charge in [0.25, 0.3) is 5.91 Å². The van der Waals surface area contributed by atoms with Gasteiger partial charge in [0, 0.05) is 17.3 Å². The van der Waals surface area contributed by atoms with Crippen molar-refractivity contribution in [3.05, 3.63) is 65.7 Å². The molecular formula is C20H20N2O5. The number of nitrogens with one attached hydrogen (secondary N) is 1. The predicted octanol–water partition coefficient (Wildman–Crippen LogP) is 2.38. The maximum Gasteiger partial charge on any atom is 0.331 e. The molecule has 0 spiro atoms. The molecule has 27 heavy (non-hydrogen) atoms. The van der Waals surface area contributed by atoms with E-state index in [2.05, 4.69) is 5.32 Å². The number of carbonyl (C=O) groups is 3. The number of rotatable bonds is 7. The fourth-order valence-electron chi connectivity index (χ4n) is 2.11. The first-order valence-corrected chi connectivity index (χ1v) is 8.12. The summed E-state index contributed by atoms with van der Waals surface area (Å²) in [4.78, 5) is 35.0. The van der Waals surface area contributed by atoms with Gasteiger partial charge in [-0.1, -0.05) is 12.1 Å². The molecule has 1 atom stereocenters. The SMILES string of the molecule is COc1ccc(/C=C/C(=O)O[C@H](C)C(=O)Nc2ccc(C(N)=O)cc2)cc1. The Morgan fingerprint density at radius 3 is 2.22 bits per heavy atom. The largest absolute Gasteiger partial charge is 0.497 e. The standard InChI is InChI=1S/C20H20N2O5/c1-13(20(25)22-16-8-6-15(7-9-16)19(21)24)27-18(23)12-5-14-3-10-17(26-2)11-4-14/h3-13H,1-2H3,(H2,21,24)(H,22,25)/b12-5+/t13-/m1/s1. The molecular weight excluding hydrogens is 348 g/mol. The summed E-state index contributed by atoms with van der Waals surface area (Å²) in [6.07, 6.45) is 1.83. The van der Waals surface area contributed by atoms with Gasteiger partial charge < -0.3 is 20.5 Å². The third kappa shape index (κ3) is 6.00. The van der Waals surface area contributed by atoms with Crippen molar-refractivity contribution in [1.29, 1.82) is 0 Å². The number of esters is 1. The molecule has 0 unspecified atom stereocenters. The molecule has 0 saturated heterocycles. The highest BCUT2D eigenvalue weighted by atomic mass is 16.5. The third-order valence-corrected chi connectivity index (χ3v) is 3.63. The van der Waals surface area contributed by atoms with Crippen LogP contribution in [0, 0.1) is 0 Å². The summed E-state index contributed by atoms with van der Waals surface area (Å²) in [6.45, 7) is 1.46. The average molecular weight is 368 g/mol. The zero-order valence-corrected chi connectivity index (χ0v) is 15.0. The van der Waals surface area contributed by atoms with Gasteiger partial charge in [-0.25, -0.2) is 4.79 Å². The maximum absolute atomic E-state index is 12.1.